The van der Waals surface area contributed by atoms with Crippen molar-refractivity contribution in [1.82, 2.24) is 14.5 Å². The maximum atomic E-state index is 12.4. The fourth-order valence-corrected chi connectivity index (χ4v) is 4.14. The van der Waals surface area contributed by atoms with Crippen LogP contribution in [0.2, 0.25) is 0 Å². The van der Waals surface area contributed by atoms with Crippen LogP contribution in [0.4, 0.5) is 5.13 Å². The van der Waals surface area contributed by atoms with Gasteiger partial charge in [-0.1, -0.05) is 36.5 Å². The second kappa shape index (κ2) is 7.72. The first-order valence-corrected chi connectivity index (χ1v) is 10.3. The summed E-state index contributed by atoms with van der Waals surface area (Å²) in [5, 5.41) is 11.2. The van der Waals surface area contributed by atoms with E-state index in [0.717, 1.165) is 31.5 Å². The number of benzene rings is 2. The van der Waals surface area contributed by atoms with Crippen LogP contribution >= 0.6 is 11.3 Å². The summed E-state index contributed by atoms with van der Waals surface area (Å²) in [5.74, 6) is -0.457. The van der Waals surface area contributed by atoms with Gasteiger partial charge in [0, 0.05) is 6.21 Å². The Hall–Kier alpha value is -3.52. The first-order valence-electron chi connectivity index (χ1n) is 9.47. The van der Waals surface area contributed by atoms with Crippen LogP contribution in [0.3, 0.4) is 0 Å². The smallest absolute Gasteiger partial charge is 0.335 e. The van der Waals surface area contributed by atoms with Gasteiger partial charge in [-0.05, 0) is 55.2 Å². The average molecular weight is 420 g/mol. The van der Waals surface area contributed by atoms with Gasteiger partial charge in [0.1, 0.15) is 5.56 Å². The highest BCUT2D eigenvalue weighted by Gasteiger charge is 2.16. The summed E-state index contributed by atoms with van der Waals surface area (Å²) < 4.78 is 2.08. The Bertz CT molecular complexity index is 1370. The van der Waals surface area contributed by atoms with E-state index in [-0.39, 0.29) is 5.56 Å². The molecule has 0 radical (unpaired) electrons. The number of aromatic amines is 1. The van der Waals surface area contributed by atoms with Crippen LogP contribution in [0.25, 0.3) is 15.9 Å². The minimum atomic E-state index is -0.709. The molecule has 152 valence electrons. The molecule has 4 rings (SSSR count). The summed E-state index contributed by atoms with van der Waals surface area (Å²) >= 11 is 1.39. The highest BCUT2D eigenvalue weighted by atomic mass is 32.1. The van der Waals surface area contributed by atoms with Crippen molar-refractivity contribution in [3.63, 3.8) is 0 Å². The topological polar surface area (TPSA) is 100 Å². The van der Waals surface area contributed by atoms with E-state index in [1.165, 1.54) is 17.6 Å². The average Bonchev–Trinajstić information content (AvgIpc) is 3.09. The molecule has 0 spiro atoms. The molecule has 0 saturated carbocycles. The summed E-state index contributed by atoms with van der Waals surface area (Å²) in [7, 11) is 0. The molecule has 2 N–H and O–H groups in total. The molecule has 0 aliphatic heterocycles. The maximum Gasteiger partial charge on any atom is 0.335 e. The standard InChI is InChI=1S/C22H20N4O3S/c1-4-14-7-5-6-8-17(14)26-20(28)15(19(27)25-22(26)29)11-23-21-24-16-9-12(2)13(3)10-18(16)30-21/h5-11,28H,4H2,1-3H3,(H,25,27,29). The van der Waals surface area contributed by atoms with E-state index >= 15 is 0 Å². The predicted molar refractivity (Wildman–Crippen MR) is 120 cm³/mol. The van der Waals surface area contributed by atoms with E-state index in [1.807, 2.05) is 45.0 Å². The van der Waals surface area contributed by atoms with E-state index in [4.69, 9.17) is 0 Å². The number of nitrogens with one attached hydrogen (secondary N) is 1. The van der Waals surface area contributed by atoms with E-state index in [0.29, 0.717) is 17.2 Å². The third kappa shape index (κ3) is 3.46. The van der Waals surface area contributed by atoms with Gasteiger partial charge < -0.3 is 5.11 Å². The van der Waals surface area contributed by atoms with Crippen molar-refractivity contribution >= 4 is 32.9 Å². The number of aromatic hydroxyl groups is 1. The monoisotopic (exact) mass is 420 g/mol. The number of thiazole rings is 1. The Morgan fingerprint density at radius 3 is 2.70 bits per heavy atom. The van der Waals surface area contributed by atoms with Crippen LogP contribution in [-0.2, 0) is 6.42 Å². The Labute approximate surface area is 176 Å². The van der Waals surface area contributed by atoms with Gasteiger partial charge in [0.05, 0.1) is 15.9 Å². The second-order valence-electron chi connectivity index (χ2n) is 6.97. The Morgan fingerprint density at radius 2 is 1.93 bits per heavy atom. The normalized spacial score (nSPS) is 11.6. The van der Waals surface area contributed by atoms with E-state index in [1.54, 1.807) is 12.1 Å². The van der Waals surface area contributed by atoms with Crippen LogP contribution in [0.1, 0.15) is 29.2 Å². The van der Waals surface area contributed by atoms with Crippen molar-refractivity contribution in [2.24, 2.45) is 4.99 Å². The Morgan fingerprint density at radius 1 is 1.20 bits per heavy atom. The highest BCUT2D eigenvalue weighted by molar-refractivity contribution is 7.22. The van der Waals surface area contributed by atoms with Crippen LogP contribution in [0.15, 0.2) is 51.0 Å². The zero-order valence-corrected chi connectivity index (χ0v) is 17.6. The fourth-order valence-electron chi connectivity index (χ4n) is 3.25. The lowest BCUT2D eigenvalue weighted by atomic mass is 10.1. The zero-order valence-electron chi connectivity index (χ0n) is 16.8. The molecule has 0 aliphatic carbocycles. The Kier molecular flexibility index (Phi) is 5.09. The first kappa shape index (κ1) is 19.8. The molecule has 7 nitrogen and oxygen atoms in total. The van der Waals surface area contributed by atoms with Gasteiger partial charge in [-0.25, -0.2) is 19.3 Å². The lowest BCUT2D eigenvalue weighted by Gasteiger charge is -2.12. The molecular formula is C22H20N4O3S. The molecule has 8 heteroatoms. The van der Waals surface area contributed by atoms with Gasteiger partial charge in [-0.3, -0.25) is 9.78 Å². The third-order valence-corrected chi connectivity index (χ3v) is 5.96. The lowest BCUT2D eigenvalue weighted by molar-refractivity contribution is 0.429. The largest absolute Gasteiger partial charge is 0.493 e. The molecule has 0 atom stereocenters. The number of para-hydroxylation sites is 1. The van der Waals surface area contributed by atoms with Crippen molar-refractivity contribution < 1.29 is 5.11 Å². The quantitative estimate of drug-likeness (QED) is 0.491. The number of rotatable bonds is 4. The van der Waals surface area contributed by atoms with Gasteiger partial charge in [-0.15, -0.1) is 0 Å². The van der Waals surface area contributed by atoms with Gasteiger partial charge in [0.25, 0.3) is 5.56 Å². The lowest BCUT2D eigenvalue weighted by Crippen LogP contribution is -2.31. The number of hydrogen-bond donors (Lipinski definition) is 2. The number of aliphatic imine (C=N–C) groups is 1. The predicted octanol–water partition coefficient (Wildman–Crippen LogP) is 3.77. The molecule has 0 fully saturated rings. The molecule has 0 amide bonds. The molecule has 30 heavy (non-hydrogen) atoms. The summed E-state index contributed by atoms with van der Waals surface area (Å²) in [6.45, 7) is 6.00. The minimum absolute atomic E-state index is 0.105. The molecule has 0 saturated heterocycles. The summed E-state index contributed by atoms with van der Waals surface area (Å²) in [6.07, 6.45) is 1.91. The van der Waals surface area contributed by atoms with E-state index in [9.17, 15) is 14.7 Å². The highest BCUT2D eigenvalue weighted by Crippen LogP contribution is 2.30. The number of H-pyrrole nitrogens is 1. The number of aromatic nitrogens is 3. The van der Waals surface area contributed by atoms with Gasteiger partial charge in [-0.2, -0.15) is 0 Å². The fraction of sp³-hybridized carbons (Fsp3) is 0.182. The summed E-state index contributed by atoms with van der Waals surface area (Å²) in [4.78, 5) is 35.8. The Balaban J connectivity index is 1.82. The van der Waals surface area contributed by atoms with Crippen molar-refractivity contribution in [3.8, 4) is 11.6 Å². The molecule has 0 aliphatic rings. The summed E-state index contributed by atoms with van der Waals surface area (Å²) in [5.41, 5.74) is 2.99. The van der Waals surface area contributed by atoms with Crippen molar-refractivity contribution in [2.45, 2.75) is 27.2 Å². The number of nitrogens with zero attached hydrogens (tertiary/aromatic N) is 3. The molecule has 0 unspecified atom stereocenters. The molecule has 4 aromatic rings. The molecular weight excluding hydrogens is 400 g/mol. The van der Waals surface area contributed by atoms with Crippen molar-refractivity contribution in [2.75, 3.05) is 0 Å². The first-order chi connectivity index (χ1) is 14.4. The molecule has 2 aromatic heterocycles. The minimum Gasteiger partial charge on any atom is -0.493 e. The molecule has 0 bridgehead atoms. The van der Waals surface area contributed by atoms with Crippen molar-refractivity contribution in [3.05, 3.63) is 79.5 Å². The number of aryl methyl sites for hydroxylation is 3. The van der Waals surface area contributed by atoms with E-state index < -0.39 is 17.1 Å². The summed E-state index contributed by atoms with van der Waals surface area (Å²) in [6, 6.07) is 11.3. The third-order valence-electron chi connectivity index (χ3n) is 5.03. The number of hydrogen-bond acceptors (Lipinski definition) is 6. The van der Waals surface area contributed by atoms with Crippen LogP contribution in [-0.4, -0.2) is 25.9 Å². The van der Waals surface area contributed by atoms with Gasteiger partial charge >= 0.3 is 5.69 Å². The van der Waals surface area contributed by atoms with Crippen LogP contribution in [0.5, 0.6) is 5.88 Å². The molecule has 2 heterocycles. The molecule has 2 aromatic carbocycles. The zero-order chi connectivity index (χ0) is 21.4. The maximum absolute atomic E-state index is 12.4. The number of fused-ring (bicyclic) bond motifs is 1. The van der Waals surface area contributed by atoms with Crippen molar-refractivity contribution in [1.29, 1.82) is 0 Å². The van der Waals surface area contributed by atoms with Gasteiger partial charge in [0.2, 0.25) is 11.0 Å². The van der Waals surface area contributed by atoms with E-state index in [2.05, 4.69) is 15.0 Å². The van der Waals surface area contributed by atoms with Crippen LogP contribution in [0, 0.1) is 13.8 Å². The SMILES string of the molecule is CCc1ccccc1-n1c(O)c(C=Nc2nc3cc(C)c(C)cc3s2)c(=O)[nH]c1=O. The second-order valence-corrected chi connectivity index (χ2v) is 7.98. The van der Waals surface area contributed by atoms with Gasteiger partial charge in [0.15, 0.2) is 0 Å². The van der Waals surface area contributed by atoms with Crippen LogP contribution < -0.4 is 11.2 Å².